The van der Waals surface area contributed by atoms with Gasteiger partial charge in [0.1, 0.15) is 0 Å². The molecule has 0 amide bonds. The Labute approximate surface area is 129 Å². The standard InChI is InChI=1S/C19H14N2O/c1-2-8-18(21-20)19(22)17-12-7-6-11-16(17)14-13-15-9-4-3-5-10-15/h2-7,9-12H,1,8H2. The van der Waals surface area contributed by atoms with Crippen molar-refractivity contribution in [3.8, 4) is 11.8 Å². The van der Waals surface area contributed by atoms with E-state index in [9.17, 15) is 4.79 Å². The number of hydrogen-bond acceptors (Lipinski definition) is 1. The predicted molar refractivity (Wildman–Crippen MR) is 86.6 cm³/mol. The van der Waals surface area contributed by atoms with Gasteiger partial charge in [0.15, 0.2) is 0 Å². The van der Waals surface area contributed by atoms with Crippen molar-refractivity contribution < 1.29 is 9.58 Å². The lowest BCUT2D eigenvalue weighted by Crippen LogP contribution is -2.16. The summed E-state index contributed by atoms with van der Waals surface area (Å²) in [5, 5.41) is 0. The highest BCUT2D eigenvalue weighted by molar-refractivity contribution is 6.44. The van der Waals surface area contributed by atoms with Gasteiger partial charge < -0.3 is 5.53 Å². The van der Waals surface area contributed by atoms with Crippen LogP contribution in [0.2, 0.25) is 0 Å². The average Bonchev–Trinajstić information content (AvgIpc) is 2.58. The number of carbonyl (C=O) groups excluding carboxylic acids is 1. The molecule has 0 aromatic heterocycles. The smallest absolute Gasteiger partial charge is 0.343 e. The van der Waals surface area contributed by atoms with Crippen LogP contribution in [-0.2, 0) is 0 Å². The molecular formula is C19H14N2O. The van der Waals surface area contributed by atoms with Gasteiger partial charge in [-0.2, -0.15) is 4.79 Å². The van der Waals surface area contributed by atoms with Gasteiger partial charge in [0.25, 0.3) is 5.78 Å². The zero-order valence-electron chi connectivity index (χ0n) is 12.0. The highest BCUT2D eigenvalue weighted by Gasteiger charge is 2.22. The molecule has 0 aliphatic carbocycles. The number of ketones is 1. The molecule has 106 valence electrons. The largest absolute Gasteiger partial charge is 0.361 e. The van der Waals surface area contributed by atoms with Crippen LogP contribution in [0, 0.1) is 11.8 Å². The van der Waals surface area contributed by atoms with Crippen LogP contribution in [0.4, 0.5) is 0 Å². The van der Waals surface area contributed by atoms with Crippen LogP contribution in [0.25, 0.3) is 5.53 Å². The van der Waals surface area contributed by atoms with Crippen molar-refractivity contribution in [1.29, 1.82) is 0 Å². The van der Waals surface area contributed by atoms with Crippen LogP contribution in [0.5, 0.6) is 0 Å². The molecule has 0 fully saturated rings. The number of benzene rings is 2. The van der Waals surface area contributed by atoms with Crippen molar-refractivity contribution in [3.63, 3.8) is 0 Å². The second-order valence-corrected chi connectivity index (χ2v) is 4.53. The minimum absolute atomic E-state index is 0.0453. The van der Waals surface area contributed by atoms with Crippen LogP contribution >= 0.6 is 0 Å². The van der Waals surface area contributed by atoms with E-state index in [1.54, 1.807) is 18.2 Å². The number of hydrogen-bond donors (Lipinski definition) is 0. The van der Waals surface area contributed by atoms with Gasteiger partial charge in [-0.3, -0.25) is 4.79 Å². The Morgan fingerprint density at radius 3 is 2.45 bits per heavy atom. The number of nitrogens with zero attached hydrogens (tertiary/aromatic N) is 2. The highest BCUT2D eigenvalue weighted by atomic mass is 16.1. The van der Waals surface area contributed by atoms with E-state index in [1.807, 2.05) is 36.4 Å². The van der Waals surface area contributed by atoms with Crippen LogP contribution < -0.4 is 0 Å². The maximum Gasteiger partial charge on any atom is 0.343 e. The molecule has 0 N–H and O–H groups in total. The fraction of sp³-hybridized carbons (Fsp3) is 0.0526. The van der Waals surface area contributed by atoms with E-state index in [0.29, 0.717) is 11.1 Å². The summed E-state index contributed by atoms with van der Waals surface area (Å²) in [5.74, 6) is 5.67. The molecule has 3 heteroatoms. The van der Waals surface area contributed by atoms with Crippen molar-refractivity contribution in [2.75, 3.05) is 0 Å². The SMILES string of the molecule is C=CCC(=[N+]=[N-])C(=O)c1ccccc1C#Cc1ccccc1. The number of Topliss-reactive ketones (excluding diaryl/α,β-unsaturated/α-hetero) is 1. The first kappa shape index (κ1) is 15.2. The second-order valence-electron chi connectivity index (χ2n) is 4.53. The third-order valence-corrected chi connectivity index (χ3v) is 3.01. The van der Waals surface area contributed by atoms with Crippen LogP contribution in [0.15, 0.2) is 67.3 Å². The van der Waals surface area contributed by atoms with Gasteiger partial charge >= 0.3 is 5.71 Å². The lowest BCUT2D eigenvalue weighted by molar-refractivity contribution is -0.00813. The lowest BCUT2D eigenvalue weighted by Gasteiger charge is -1.99. The number of carbonyl (C=O) groups is 1. The van der Waals surface area contributed by atoms with E-state index in [4.69, 9.17) is 5.53 Å². The summed E-state index contributed by atoms with van der Waals surface area (Å²) in [6.07, 6.45) is 1.72. The monoisotopic (exact) mass is 286 g/mol. The molecule has 3 nitrogen and oxygen atoms in total. The van der Waals surface area contributed by atoms with Crippen molar-refractivity contribution >= 4 is 11.5 Å². The molecule has 0 aliphatic heterocycles. The molecule has 0 saturated heterocycles. The van der Waals surface area contributed by atoms with Crippen molar-refractivity contribution in [3.05, 3.63) is 89.5 Å². The molecule has 2 aromatic carbocycles. The van der Waals surface area contributed by atoms with Crippen molar-refractivity contribution in [1.82, 2.24) is 0 Å². The molecule has 0 heterocycles. The molecule has 0 bridgehead atoms. The fourth-order valence-electron chi connectivity index (χ4n) is 1.92. The van der Waals surface area contributed by atoms with Crippen molar-refractivity contribution in [2.24, 2.45) is 0 Å². The molecule has 0 unspecified atom stereocenters. The third-order valence-electron chi connectivity index (χ3n) is 3.01. The Hall–Kier alpha value is -3.21. The first-order valence-electron chi connectivity index (χ1n) is 6.79. The Morgan fingerprint density at radius 1 is 1.09 bits per heavy atom. The van der Waals surface area contributed by atoms with Crippen molar-refractivity contribution in [2.45, 2.75) is 6.42 Å². The van der Waals surface area contributed by atoms with E-state index in [2.05, 4.69) is 23.2 Å². The topological polar surface area (TPSA) is 53.5 Å². The quantitative estimate of drug-likeness (QED) is 0.212. The first-order chi connectivity index (χ1) is 10.8. The van der Waals surface area contributed by atoms with Gasteiger partial charge in [0, 0.05) is 16.7 Å². The molecule has 0 aliphatic rings. The van der Waals surface area contributed by atoms with Gasteiger partial charge in [-0.05, 0) is 24.3 Å². The molecule has 0 atom stereocenters. The van der Waals surface area contributed by atoms with E-state index in [-0.39, 0.29) is 17.9 Å². The Balaban J connectivity index is 2.40. The summed E-state index contributed by atoms with van der Waals surface area (Å²) in [6, 6.07) is 16.5. The molecule has 22 heavy (non-hydrogen) atoms. The Bertz CT molecular complexity index is 804. The molecule has 2 aromatic rings. The van der Waals surface area contributed by atoms with Gasteiger partial charge in [-0.1, -0.05) is 48.2 Å². The summed E-state index contributed by atoms with van der Waals surface area (Å²) in [4.78, 5) is 15.5. The van der Waals surface area contributed by atoms with E-state index in [1.165, 1.54) is 6.08 Å². The summed E-state index contributed by atoms with van der Waals surface area (Å²) in [7, 11) is 0. The van der Waals surface area contributed by atoms with Crippen LogP contribution in [-0.4, -0.2) is 16.3 Å². The maximum absolute atomic E-state index is 12.4. The summed E-state index contributed by atoms with van der Waals surface area (Å²) in [6.45, 7) is 3.55. The minimum Gasteiger partial charge on any atom is -0.361 e. The zero-order chi connectivity index (χ0) is 15.8. The average molecular weight is 286 g/mol. The van der Waals surface area contributed by atoms with Gasteiger partial charge in [-0.25, -0.2) is 0 Å². The predicted octanol–water partition coefficient (Wildman–Crippen LogP) is 3.52. The molecule has 0 spiro atoms. The van der Waals surface area contributed by atoms with Gasteiger partial charge in [0.2, 0.25) is 0 Å². The van der Waals surface area contributed by atoms with Crippen LogP contribution in [0.3, 0.4) is 0 Å². The van der Waals surface area contributed by atoms with E-state index in [0.717, 1.165) is 5.56 Å². The first-order valence-corrected chi connectivity index (χ1v) is 6.79. The van der Waals surface area contributed by atoms with E-state index >= 15 is 0 Å². The zero-order valence-corrected chi connectivity index (χ0v) is 12.0. The minimum atomic E-state index is -0.347. The fourth-order valence-corrected chi connectivity index (χ4v) is 1.92. The molecule has 0 saturated carbocycles. The second kappa shape index (κ2) is 7.54. The van der Waals surface area contributed by atoms with Gasteiger partial charge in [-0.15, -0.1) is 6.58 Å². The molecule has 2 rings (SSSR count). The highest BCUT2D eigenvalue weighted by Crippen LogP contribution is 2.10. The maximum atomic E-state index is 12.4. The normalized spacial score (nSPS) is 9.09. The molecule has 0 radical (unpaired) electrons. The number of rotatable bonds is 4. The Kier molecular flexibility index (Phi) is 5.20. The summed E-state index contributed by atoms with van der Waals surface area (Å²) >= 11 is 0. The molecular weight excluding hydrogens is 272 g/mol. The Morgan fingerprint density at radius 2 is 1.77 bits per heavy atom. The van der Waals surface area contributed by atoms with E-state index < -0.39 is 0 Å². The summed E-state index contributed by atoms with van der Waals surface area (Å²) in [5.41, 5.74) is 10.9. The van der Waals surface area contributed by atoms with Gasteiger partial charge in [0.05, 0.1) is 6.42 Å². The third kappa shape index (κ3) is 3.67. The van der Waals surface area contributed by atoms with Crippen LogP contribution in [0.1, 0.15) is 27.9 Å². The lowest BCUT2D eigenvalue weighted by atomic mass is 9.99. The summed E-state index contributed by atoms with van der Waals surface area (Å²) < 4.78 is 0. The number of allylic oxidation sites excluding steroid dienone is 1.